The van der Waals surface area contributed by atoms with Gasteiger partial charge in [-0.2, -0.15) is 0 Å². The fourth-order valence-electron chi connectivity index (χ4n) is 1.71. The summed E-state index contributed by atoms with van der Waals surface area (Å²) in [7, 11) is -3.86. The van der Waals surface area contributed by atoms with Crippen LogP contribution in [0.15, 0.2) is 59.5 Å². The third-order valence-electron chi connectivity index (χ3n) is 2.65. The van der Waals surface area contributed by atoms with Crippen molar-refractivity contribution in [2.45, 2.75) is 4.90 Å². The van der Waals surface area contributed by atoms with Crippen LogP contribution in [0.4, 0.5) is 10.1 Å². The number of nitrogens with one attached hydrogen (secondary N) is 1. The highest BCUT2D eigenvalue weighted by molar-refractivity contribution is 7.92. The second-order valence-electron chi connectivity index (χ2n) is 4.33. The Morgan fingerprint density at radius 2 is 1.86 bits per heavy atom. The molecular formula is C15H11ClFNO3S. The molecule has 0 atom stereocenters. The van der Waals surface area contributed by atoms with E-state index < -0.39 is 21.1 Å². The van der Waals surface area contributed by atoms with Crippen LogP contribution in [0.1, 0.15) is 5.56 Å². The number of sulfonamides is 1. The van der Waals surface area contributed by atoms with Gasteiger partial charge >= 0.3 is 0 Å². The molecular weight excluding hydrogens is 329 g/mol. The van der Waals surface area contributed by atoms with Gasteiger partial charge in [0.1, 0.15) is 5.82 Å². The van der Waals surface area contributed by atoms with Crippen LogP contribution in [-0.4, -0.2) is 13.7 Å². The van der Waals surface area contributed by atoms with Crippen molar-refractivity contribution in [3.05, 3.63) is 66.0 Å². The molecule has 2 aromatic rings. The molecule has 0 aliphatic carbocycles. The van der Waals surface area contributed by atoms with Gasteiger partial charge in [-0.25, -0.2) is 12.8 Å². The predicted octanol–water partition coefficient (Wildman–Crippen LogP) is 3.41. The molecule has 0 bridgehead atoms. The Balaban J connectivity index is 2.29. The highest BCUT2D eigenvalue weighted by atomic mass is 35.5. The fraction of sp³-hybridized carbons (Fsp3) is 0. The molecule has 0 saturated heterocycles. The predicted molar refractivity (Wildman–Crippen MR) is 83.5 cm³/mol. The van der Waals surface area contributed by atoms with E-state index in [9.17, 15) is 17.6 Å². The molecule has 0 saturated carbocycles. The molecule has 7 heteroatoms. The first kappa shape index (κ1) is 16.2. The van der Waals surface area contributed by atoms with Crippen molar-refractivity contribution in [1.29, 1.82) is 0 Å². The molecule has 0 amide bonds. The number of benzene rings is 2. The molecule has 2 aromatic carbocycles. The van der Waals surface area contributed by atoms with Crippen LogP contribution >= 0.6 is 11.6 Å². The topological polar surface area (TPSA) is 63.2 Å². The minimum Gasteiger partial charge on any atom is -0.280 e. The van der Waals surface area contributed by atoms with Gasteiger partial charge in [0.25, 0.3) is 10.0 Å². The molecule has 0 radical (unpaired) electrons. The average molecular weight is 340 g/mol. The molecule has 0 spiro atoms. The van der Waals surface area contributed by atoms with Crippen LogP contribution in [0, 0.1) is 5.82 Å². The zero-order valence-electron chi connectivity index (χ0n) is 11.2. The minimum absolute atomic E-state index is 0.0130. The highest BCUT2D eigenvalue weighted by Crippen LogP contribution is 2.18. The van der Waals surface area contributed by atoms with Gasteiger partial charge in [0.2, 0.25) is 5.24 Å². The van der Waals surface area contributed by atoms with E-state index in [0.29, 0.717) is 5.56 Å². The van der Waals surface area contributed by atoms with Crippen LogP contribution in [0.25, 0.3) is 6.08 Å². The van der Waals surface area contributed by atoms with Crippen molar-refractivity contribution >= 4 is 38.6 Å². The van der Waals surface area contributed by atoms with Crippen molar-refractivity contribution < 1.29 is 17.6 Å². The maximum atomic E-state index is 13.1. The molecule has 114 valence electrons. The lowest BCUT2D eigenvalue weighted by molar-refractivity contribution is -0.107. The summed E-state index contributed by atoms with van der Waals surface area (Å²) in [4.78, 5) is 10.7. The zero-order valence-corrected chi connectivity index (χ0v) is 12.7. The van der Waals surface area contributed by atoms with E-state index in [1.807, 2.05) is 0 Å². The largest absolute Gasteiger partial charge is 0.280 e. The van der Waals surface area contributed by atoms with Gasteiger partial charge in [0.05, 0.1) is 10.6 Å². The number of hydrogen-bond acceptors (Lipinski definition) is 3. The quantitative estimate of drug-likeness (QED) is 0.670. The lowest BCUT2D eigenvalue weighted by atomic mass is 10.2. The summed E-state index contributed by atoms with van der Waals surface area (Å²) in [5.74, 6) is -0.544. The van der Waals surface area contributed by atoms with Gasteiger partial charge < -0.3 is 0 Å². The molecule has 0 fully saturated rings. The first-order valence-corrected chi connectivity index (χ1v) is 7.99. The summed E-state index contributed by atoms with van der Waals surface area (Å²) in [5, 5.41) is -0.661. The summed E-state index contributed by atoms with van der Waals surface area (Å²) in [5.41, 5.74) is 0.619. The molecule has 4 nitrogen and oxygen atoms in total. The Hall–Kier alpha value is -2.18. The average Bonchev–Trinajstić information content (AvgIpc) is 2.45. The number of rotatable bonds is 5. The van der Waals surface area contributed by atoms with Gasteiger partial charge in [-0.1, -0.05) is 24.3 Å². The van der Waals surface area contributed by atoms with Crippen molar-refractivity contribution in [3.63, 3.8) is 0 Å². The number of anilines is 1. The van der Waals surface area contributed by atoms with Crippen LogP contribution in [-0.2, 0) is 14.8 Å². The van der Waals surface area contributed by atoms with Gasteiger partial charge in [0.15, 0.2) is 0 Å². The Labute approximate surface area is 132 Å². The molecule has 22 heavy (non-hydrogen) atoms. The third-order valence-corrected chi connectivity index (χ3v) is 4.16. The Kier molecular flexibility index (Phi) is 4.95. The van der Waals surface area contributed by atoms with Crippen LogP contribution < -0.4 is 4.72 Å². The molecule has 1 N–H and O–H groups in total. The number of hydrogen-bond donors (Lipinski definition) is 1. The summed E-state index contributed by atoms with van der Waals surface area (Å²) in [6.45, 7) is 0. The third kappa shape index (κ3) is 4.41. The van der Waals surface area contributed by atoms with Crippen molar-refractivity contribution in [2.24, 2.45) is 0 Å². The first-order valence-electron chi connectivity index (χ1n) is 6.13. The van der Waals surface area contributed by atoms with Crippen LogP contribution in [0.2, 0.25) is 0 Å². The number of carbonyl (C=O) groups is 1. The molecule has 0 aliphatic rings. The Bertz CT molecular complexity index is 834. The smallest absolute Gasteiger partial charge is 0.261 e. The number of halogens is 2. The SMILES string of the molecule is O=C(Cl)C=Cc1cccc(S(=O)(=O)Nc2cccc(F)c2)c1. The summed E-state index contributed by atoms with van der Waals surface area (Å²) in [6, 6.07) is 11.0. The van der Waals surface area contributed by atoms with E-state index >= 15 is 0 Å². The fourth-order valence-corrected chi connectivity index (χ4v) is 2.88. The van der Waals surface area contributed by atoms with Crippen LogP contribution in [0.5, 0.6) is 0 Å². The van der Waals surface area contributed by atoms with Gasteiger partial charge in [-0.3, -0.25) is 9.52 Å². The van der Waals surface area contributed by atoms with Crippen molar-refractivity contribution in [1.82, 2.24) is 0 Å². The number of allylic oxidation sites excluding steroid dienone is 1. The van der Waals surface area contributed by atoms with E-state index in [4.69, 9.17) is 11.6 Å². The molecule has 2 rings (SSSR count). The van der Waals surface area contributed by atoms with E-state index in [1.165, 1.54) is 42.5 Å². The van der Waals surface area contributed by atoms with Gasteiger partial charge in [-0.15, -0.1) is 0 Å². The Morgan fingerprint density at radius 3 is 2.55 bits per heavy atom. The second kappa shape index (κ2) is 6.72. The minimum atomic E-state index is -3.86. The van der Waals surface area contributed by atoms with Crippen LogP contribution in [0.3, 0.4) is 0 Å². The molecule has 0 unspecified atom stereocenters. The standard InChI is InChI=1S/C15H11ClFNO3S/c16-15(19)8-7-11-3-1-6-14(9-11)22(20,21)18-13-5-2-4-12(17)10-13/h1-10,18H. The monoisotopic (exact) mass is 339 g/mol. The summed E-state index contributed by atoms with van der Waals surface area (Å²) >= 11 is 5.19. The lowest BCUT2D eigenvalue weighted by Crippen LogP contribution is -2.13. The molecule has 0 aliphatic heterocycles. The molecule has 0 heterocycles. The van der Waals surface area contributed by atoms with Gasteiger partial charge in [0, 0.05) is 0 Å². The van der Waals surface area contributed by atoms with E-state index in [-0.39, 0.29) is 10.6 Å². The maximum absolute atomic E-state index is 13.1. The molecule has 0 aromatic heterocycles. The van der Waals surface area contributed by atoms with E-state index in [0.717, 1.165) is 12.1 Å². The first-order chi connectivity index (χ1) is 10.4. The zero-order chi connectivity index (χ0) is 16.2. The van der Waals surface area contributed by atoms with E-state index in [1.54, 1.807) is 6.07 Å². The highest BCUT2D eigenvalue weighted by Gasteiger charge is 2.14. The second-order valence-corrected chi connectivity index (χ2v) is 6.38. The summed E-state index contributed by atoms with van der Waals surface area (Å²) in [6.07, 6.45) is 2.52. The van der Waals surface area contributed by atoms with E-state index in [2.05, 4.69) is 4.72 Å². The normalized spacial score (nSPS) is 11.5. The number of carbonyl (C=O) groups excluding carboxylic acids is 1. The van der Waals surface area contributed by atoms with Crippen molar-refractivity contribution in [2.75, 3.05) is 4.72 Å². The van der Waals surface area contributed by atoms with Crippen molar-refractivity contribution in [3.8, 4) is 0 Å². The van der Waals surface area contributed by atoms with Gasteiger partial charge in [-0.05, 0) is 53.6 Å². The summed E-state index contributed by atoms with van der Waals surface area (Å²) < 4.78 is 39.9. The Morgan fingerprint density at radius 1 is 1.14 bits per heavy atom. The lowest BCUT2D eigenvalue weighted by Gasteiger charge is -2.08. The maximum Gasteiger partial charge on any atom is 0.261 e.